The molecular formula is C23H19N3O5S. The Kier molecular flexibility index (Phi) is 5.24. The van der Waals surface area contributed by atoms with Crippen LogP contribution in [0, 0.1) is 6.92 Å². The van der Waals surface area contributed by atoms with Crippen molar-refractivity contribution in [2.24, 2.45) is 0 Å². The first-order valence-corrected chi connectivity index (χ1v) is 10.8. The van der Waals surface area contributed by atoms with E-state index in [9.17, 15) is 9.59 Å². The summed E-state index contributed by atoms with van der Waals surface area (Å²) in [6.45, 7) is 2.28. The van der Waals surface area contributed by atoms with E-state index in [2.05, 4.69) is 10.4 Å². The van der Waals surface area contributed by atoms with Gasteiger partial charge in [0.25, 0.3) is 5.91 Å². The van der Waals surface area contributed by atoms with Crippen molar-refractivity contribution in [2.45, 2.75) is 13.5 Å². The van der Waals surface area contributed by atoms with Gasteiger partial charge in [-0.2, -0.15) is 5.10 Å². The SMILES string of the molecule is Cc1nn(Cc2ccccc2)c2sc(C(=O)OCC(=O)Nc3ccc4c(c3)OCO4)cc12. The zero-order valence-corrected chi connectivity index (χ0v) is 18.0. The molecule has 0 unspecified atom stereocenters. The van der Waals surface area contributed by atoms with Crippen LogP contribution in [0.2, 0.25) is 0 Å². The number of thiophene rings is 1. The van der Waals surface area contributed by atoms with E-state index < -0.39 is 18.5 Å². The number of aryl methyl sites for hydroxylation is 1. The highest BCUT2D eigenvalue weighted by molar-refractivity contribution is 7.20. The number of fused-ring (bicyclic) bond motifs is 2. The van der Waals surface area contributed by atoms with Gasteiger partial charge in [-0.25, -0.2) is 4.79 Å². The Hall–Kier alpha value is -3.85. The number of esters is 1. The second kappa shape index (κ2) is 8.35. The molecule has 0 saturated heterocycles. The van der Waals surface area contributed by atoms with E-state index >= 15 is 0 Å². The van der Waals surface area contributed by atoms with Gasteiger partial charge in [0, 0.05) is 17.1 Å². The van der Waals surface area contributed by atoms with Crippen molar-refractivity contribution in [3.8, 4) is 11.5 Å². The summed E-state index contributed by atoms with van der Waals surface area (Å²) >= 11 is 1.30. The molecule has 4 aromatic rings. The first-order chi connectivity index (χ1) is 15.6. The fraction of sp³-hybridized carbons (Fsp3) is 0.174. The first kappa shape index (κ1) is 20.1. The first-order valence-electron chi connectivity index (χ1n) is 9.94. The molecule has 8 nitrogen and oxygen atoms in total. The highest BCUT2D eigenvalue weighted by Crippen LogP contribution is 2.34. The van der Waals surface area contributed by atoms with E-state index in [0.717, 1.165) is 21.5 Å². The van der Waals surface area contributed by atoms with Crippen molar-refractivity contribution in [3.63, 3.8) is 0 Å². The Bertz CT molecular complexity index is 1310. The summed E-state index contributed by atoms with van der Waals surface area (Å²) in [6.07, 6.45) is 0. The summed E-state index contributed by atoms with van der Waals surface area (Å²) in [5.41, 5.74) is 2.50. The van der Waals surface area contributed by atoms with Crippen LogP contribution >= 0.6 is 11.3 Å². The fourth-order valence-corrected chi connectivity index (χ4v) is 4.51. The minimum absolute atomic E-state index is 0.155. The lowest BCUT2D eigenvalue weighted by molar-refractivity contribution is -0.119. The van der Waals surface area contributed by atoms with Crippen LogP contribution < -0.4 is 14.8 Å². The molecule has 0 spiro atoms. The van der Waals surface area contributed by atoms with Crippen molar-refractivity contribution in [2.75, 3.05) is 18.7 Å². The van der Waals surface area contributed by atoms with Gasteiger partial charge in [0.05, 0.1) is 12.2 Å². The molecule has 1 aliphatic heterocycles. The summed E-state index contributed by atoms with van der Waals surface area (Å²) in [4.78, 5) is 26.1. The van der Waals surface area contributed by atoms with E-state index in [0.29, 0.717) is 28.6 Å². The maximum Gasteiger partial charge on any atom is 0.348 e. The molecule has 1 N–H and O–H groups in total. The van der Waals surface area contributed by atoms with Crippen LogP contribution in [0.5, 0.6) is 11.5 Å². The van der Waals surface area contributed by atoms with E-state index in [1.807, 2.05) is 41.9 Å². The number of carbonyl (C=O) groups excluding carboxylic acids is 2. The maximum absolute atomic E-state index is 12.5. The van der Waals surface area contributed by atoms with Crippen molar-refractivity contribution in [1.29, 1.82) is 0 Å². The molecule has 0 fully saturated rings. The molecule has 0 atom stereocenters. The number of ether oxygens (including phenoxy) is 3. The number of amides is 1. The van der Waals surface area contributed by atoms with Crippen LogP contribution in [0.25, 0.3) is 10.2 Å². The third-order valence-corrected chi connectivity index (χ3v) is 6.10. The highest BCUT2D eigenvalue weighted by Gasteiger charge is 2.19. The smallest absolute Gasteiger partial charge is 0.348 e. The maximum atomic E-state index is 12.5. The minimum atomic E-state index is -0.544. The lowest BCUT2D eigenvalue weighted by Crippen LogP contribution is -2.20. The normalized spacial score (nSPS) is 12.2. The van der Waals surface area contributed by atoms with Crippen LogP contribution in [-0.4, -0.2) is 35.1 Å². The molecule has 1 amide bonds. The Morgan fingerprint density at radius 2 is 1.94 bits per heavy atom. The number of anilines is 1. The summed E-state index contributed by atoms with van der Waals surface area (Å²) < 4.78 is 17.6. The molecule has 1 aliphatic rings. The summed E-state index contributed by atoms with van der Waals surface area (Å²) in [5.74, 6) is 0.202. The van der Waals surface area contributed by atoms with Gasteiger partial charge in [-0.05, 0) is 30.7 Å². The van der Waals surface area contributed by atoms with Crippen LogP contribution in [0.4, 0.5) is 5.69 Å². The van der Waals surface area contributed by atoms with Crippen molar-refractivity contribution >= 4 is 39.1 Å². The Labute approximate surface area is 187 Å². The number of aromatic nitrogens is 2. The molecule has 5 rings (SSSR count). The standard InChI is InChI=1S/C23H19N3O5S/c1-14-17-10-20(32-22(17)26(25-14)11-15-5-3-2-4-6-15)23(28)29-12-21(27)24-16-7-8-18-19(9-16)31-13-30-18/h2-10H,11-13H2,1H3,(H,24,27). The lowest BCUT2D eigenvalue weighted by Gasteiger charge is -2.07. The predicted octanol–water partition coefficient (Wildman–Crippen LogP) is 3.98. The van der Waals surface area contributed by atoms with E-state index in [4.69, 9.17) is 14.2 Å². The van der Waals surface area contributed by atoms with Gasteiger partial charge >= 0.3 is 5.97 Å². The number of nitrogens with one attached hydrogen (secondary N) is 1. The van der Waals surface area contributed by atoms with Gasteiger partial charge in [-0.3, -0.25) is 9.48 Å². The molecule has 0 radical (unpaired) electrons. The number of nitrogens with zero attached hydrogens (tertiary/aromatic N) is 2. The fourth-order valence-electron chi connectivity index (χ4n) is 3.45. The van der Waals surface area contributed by atoms with Crippen LogP contribution in [-0.2, 0) is 16.1 Å². The Balaban J connectivity index is 1.24. The quantitative estimate of drug-likeness (QED) is 0.448. The van der Waals surface area contributed by atoms with Gasteiger partial charge in [-0.1, -0.05) is 30.3 Å². The minimum Gasteiger partial charge on any atom is -0.454 e. The molecule has 2 aromatic carbocycles. The largest absolute Gasteiger partial charge is 0.454 e. The number of hydrogen-bond acceptors (Lipinski definition) is 7. The van der Waals surface area contributed by atoms with Crippen LogP contribution in [0.15, 0.2) is 54.6 Å². The summed E-state index contributed by atoms with van der Waals surface area (Å²) in [6, 6.07) is 16.8. The second-order valence-electron chi connectivity index (χ2n) is 7.25. The summed E-state index contributed by atoms with van der Waals surface area (Å²) in [5, 5.41) is 8.17. The average Bonchev–Trinajstić information content (AvgIpc) is 3.50. The molecule has 3 heterocycles. The van der Waals surface area contributed by atoms with E-state index in [1.54, 1.807) is 24.3 Å². The van der Waals surface area contributed by atoms with Crippen molar-refractivity contribution in [3.05, 3.63) is 70.7 Å². The predicted molar refractivity (Wildman–Crippen MR) is 119 cm³/mol. The Morgan fingerprint density at radius 1 is 1.12 bits per heavy atom. The summed E-state index contributed by atoms with van der Waals surface area (Å²) in [7, 11) is 0. The molecule has 32 heavy (non-hydrogen) atoms. The monoisotopic (exact) mass is 449 g/mol. The van der Waals surface area contributed by atoms with Crippen molar-refractivity contribution in [1.82, 2.24) is 9.78 Å². The number of benzene rings is 2. The second-order valence-corrected chi connectivity index (χ2v) is 8.28. The van der Waals surface area contributed by atoms with E-state index in [-0.39, 0.29) is 6.79 Å². The Morgan fingerprint density at radius 3 is 2.78 bits per heavy atom. The molecule has 0 bridgehead atoms. The lowest BCUT2D eigenvalue weighted by atomic mass is 10.2. The number of hydrogen-bond donors (Lipinski definition) is 1. The zero-order valence-electron chi connectivity index (χ0n) is 17.2. The molecular weight excluding hydrogens is 430 g/mol. The third kappa shape index (κ3) is 4.02. The zero-order chi connectivity index (χ0) is 22.1. The van der Waals surface area contributed by atoms with Gasteiger partial charge < -0.3 is 19.5 Å². The average molecular weight is 449 g/mol. The van der Waals surface area contributed by atoms with Gasteiger partial charge in [0.2, 0.25) is 6.79 Å². The van der Waals surface area contributed by atoms with Gasteiger partial charge in [0.15, 0.2) is 18.1 Å². The number of rotatable bonds is 6. The third-order valence-electron chi connectivity index (χ3n) is 4.97. The molecule has 0 aliphatic carbocycles. The van der Waals surface area contributed by atoms with Crippen LogP contribution in [0.1, 0.15) is 20.9 Å². The van der Waals surface area contributed by atoms with Crippen LogP contribution in [0.3, 0.4) is 0 Å². The molecule has 9 heteroatoms. The van der Waals surface area contributed by atoms with Gasteiger partial charge in [0.1, 0.15) is 9.71 Å². The van der Waals surface area contributed by atoms with E-state index in [1.165, 1.54) is 11.3 Å². The molecule has 162 valence electrons. The molecule has 2 aromatic heterocycles. The number of carbonyl (C=O) groups is 2. The topological polar surface area (TPSA) is 91.7 Å². The van der Waals surface area contributed by atoms with Gasteiger partial charge in [-0.15, -0.1) is 11.3 Å². The molecule has 0 saturated carbocycles. The highest BCUT2D eigenvalue weighted by atomic mass is 32.1. The van der Waals surface area contributed by atoms with Crippen molar-refractivity contribution < 1.29 is 23.8 Å².